The van der Waals surface area contributed by atoms with Crippen LogP contribution in [0.15, 0.2) is 28.6 Å². The smallest absolute Gasteiger partial charge is 0.207 e. The standard InChI is InChI=1S/C13H15F2N3O2S2/c1-9-12(8-16-18(9)13(14)15)22(19,20)17-6-2-4-10(17)11-5-3-7-21-11/h3,5,7-8,10,13H,2,4,6H2,1H3/t10-/m1/s1. The highest BCUT2D eigenvalue weighted by molar-refractivity contribution is 7.89. The van der Waals surface area contributed by atoms with E-state index < -0.39 is 16.6 Å². The van der Waals surface area contributed by atoms with Crippen LogP contribution in [0.4, 0.5) is 8.78 Å². The molecule has 1 saturated heterocycles. The minimum absolute atomic E-state index is 0.0353. The second-order valence-electron chi connectivity index (χ2n) is 5.11. The summed E-state index contributed by atoms with van der Waals surface area (Å²) in [7, 11) is -3.83. The topological polar surface area (TPSA) is 55.2 Å². The molecule has 0 aromatic carbocycles. The normalized spacial score (nSPS) is 20.1. The molecule has 3 rings (SSSR count). The Morgan fingerprint density at radius 1 is 1.45 bits per heavy atom. The van der Waals surface area contributed by atoms with Gasteiger partial charge in [0.1, 0.15) is 4.90 Å². The SMILES string of the molecule is Cc1c(S(=O)(=O)N2CCC[C@@H]2c2cccs2)cnn1C(F)F. The molecule has 9 heteroatoms. The summed E-state index contributed by atoms with van der Waals surface area (Å²) in [6.45, 7) is -1.11. The summed E-state index contributed by atoms with van der Waals surface area (Å²) < 4.78 is 53.1. The molecule has 0 bridgehead atoms. The molecular formula is C13H15F2N3O2S2. The summed E-state index contributed by atoms with van der Waals surface area (Å²) in [5.41, 5.74) is -0.0353. The first-order valence-electron chi connectivity index (χ1n) is 6.80. The minimum Gasteiger partial charge on any atom is -0.207 e. The molecule has 2 aromatic heterocycles. The quantitative estimate of drug-likeness (QED) is 0.854. The predicted octanol–water partition coefficient (Wildman–Crippen LogP) is 3.17. The van der Waals surface area contributed by atoms with Crippen molar-refractivity contribution >= 4 is 21.4 Å². The van der Waals surface area contributed by atoms with E-state index in [1.165, 1.54) is 22.6 Å². The highest BCUT2D eigenvalue weighted by Gasteiger charge is 2.38. The Bertz CT molecular complexity index is 756. The molecule has 0 radical (unpaired) electrons. The van der Waals surface area contributed by atoms with Gasteiger partial charge in [-0.3, -0.25) is 0 Å². The number of nitrogens with zero attached hydrogens (tertiary/aromatic N) is 3. The molecule has 120 valence electrons. The van der Waals surface area contributed by atoms with E-state index in [-0.39, 0.29) is 16.6 Å². The van der Waals surface area contributed by atoms with E-state index in [1.807, 2.05) is 17.5 Å². The van der Waals surface area contributed by atoms with Crippen molar-refractivity contribution in [3.63, 3.8) is 0 Å². The number of alkyl halides is 2. The van der Waals surface area contributed by atoms with E-state index in [1.54, 1.807) is 0 Å². The summed E-state index contributed by atoms with van der Waals surface area (Å²) >= 11 is 1.50. The van der Waals surface area contributed by atoms with E-state index in [0.717, 1.165) is 23.9 Å². The van der Waals surface area contributed by atoms with E-state index in [2.05, 4.69) is 5.10 Å². The first kappa shape index (κ1) is 15.6. The summed E-state index contributed by atoms with van der Waals surface area (Å²) in [4.78, 5) is 0.830. The molecular weight excluding hydrogens is 332 g/mol. The molecule has 0 amide bonds. The summed E-state index contributed by atoms with van der Waals surface area (Å²) in [6, 6.07) is 3.56. The molecule has 3 heterocycles. The van der Waals surface area contributed by atoms with Crippen molar-refractivity contribution in [3.05, 3.63) is 34.3 Å². The first-order valence-corrected chi connectivity index (χ1v) is 9.12. The second kappa shape index (κ2) is 5.71. The van der Waals surface area contributed by atoms with Gasteiger partial charge >= 0.3 is 6.55 Å². The molecule has 0 spiro atoms. The highest BCUT2D eigenvalue weighted by Crippen LogP contribution is 2.39. The van der Waals surface area contributed by atoms with Gasteiger partial charge in [0.15, 0.2) is 0 Å². The van der Waals surface area contributed by atoms with E-state index >= 15 is 0 Å². The molecule has 22 heavy (non-hydrogen) atoms. The Morgan fingerprint density at radius 2 is 2.23 bits per heavy atom. The van der Waals surface area contributed by atoms with E-state index in [4.69, 9.17) is 0 Å². The van der Waals surface area contributed by atoms with Crippen LogP contribution in [0, 0.1) is 6.92 Å². The lowest BCUT2D eigenvalue weighted by Crippen LogP contribution is -2.30. The molecule has 1 aliphatic heterocycles. The van der Waals surface area contributed by atoms with Gasteiger partial charge in [-0.2, -0.15) is 18.2 Å². The van der Waals surface area contributed by atoms with Crippen molar-refractivity contribution in [1.82, 2.24) is 14.1 Å². The van der Waals surface area contributed by atoms with Gasteiger partial charge < -0.3 is 0 Å². The lowest BCUT2D eigenvalue weighted by Gasteiger charge is -2.23. The molecule has 0 aliphatic carbocycles. The largest absolute Gasteiger partial charge is 0.333 e. The van der Waals surface area contributed by atoms with Crippen molar-refractivity contribution in [2.24, 2.45) is 0 Å². The average Bonchev–Trinajstić information content (AvgIpc) is 3.18. The Labute approximate surface area is 131 Å². The number of thiophene rings is 1. The van der Waals surface area contributed by atoms with Crippen LogP contribution in [-0.2, 0) is 10.0 Å². The lowest BCUT2D eigenvalue weighted by atomic mass is 10.2. The van der Waals surface area contributed by atoms with Crippen molar-refractivity contribution in [2.75, 3.05) is 6.54 Å². The van der Waals surface area contributed by atoms with Gasteiger partial charge in [-0.25, -0.2) is 13.1 Å². The van der Waals surface area contributed by atoms with Gasteiger partial charge in [-0.15, -0.1) is 11.3 Å². The molecule has 5 nitrogen and oxygen atoms in total. The molecule has 2 aromatic rings. The van der Waals surface area contributed by atoms with Crippen molar-refractivity contribution in [1.29, 1.82) is 0 Å². The third-order valence-electron chi connectivity index (χ3n) is 3.85. The van der Waals surface area contributed by atoms with Crippen LogP contribution in [0.3, 0.4) is 0 Å². The van der Waals surface area contributed by atoms with Crippen LogP contribution >= 0.6 is 11.3 Å². The lowest BCUT2D eigenvalue weighted by molar-refractivity contribution is 0.0541. The number of hydrogen-bond donors (Lipinski definition) is 0. The monoisotopic (exact) mass is 347 g/mol. The summed E-state index contributed by atoms with van der Waals surface area (Å²) in [5.74, 6) is 0. The molecule has 0 unspecified atom stereocenters. The number of aromatic nitrogens is 2. The summed E-state index contributed by atoms with van der Waals surface area (Å²) in [6.07, 6.45) is 2.51. The van der Waals surface area contributed by atoms with Crippen LogP contribution in [0.1, 0.15) is 36.0 Å². The Morgan fingerprint density at radius 3 is 2.82 bits per heavy atom. The fourth-order valence-electron chi connectivity index (χ4n) is 2.78. The Balaban J connectivity index is 1.99. The predicted molar refractivity (Wildman–Crippen MR) is 78.4 cm³/mol. The van der Waals surface area contributed by atoms with Gasteiger partial charge in [0, 0.05) is 11.4 Å². The molecule has 0 N–H and O–H groups in total. The fraction of sp³-hybridized carbons (Fsp3) is 0.462. The number of halogens is 2. The Kier molecular flexibility index (Phi) is 4.04. The zero-order valence-electron chi connectivity index (χ0n) is 11.8. The van der Waals surface area contributed by atoms with E-state index in [9.17, 15) is 17.2 Å². The van der Waals surface area contributed by atoms with Gasteiger partial charge in [-0.1, -0.05) is 6.07 Å². The van der Waals surface area contributed by atoms with Gasteiger partial charge in [0.25, 0.3) is 0 Å². The number of hydrogen-bond acceptors (Lipinski definition) is 4. The zero-order valence-corrected chi connectivity index (χ0v) is 13.4. The average molecular weight is 347 g/mol. The molecule has 1 fully saturated rings. The summed E-state index contributed by atoms with van der Waals surface area (Å²) in [5, 5.41) is 5.41. The number of rotatable bonds is 4. The van der Waals surface area contributed by atoms with Gasteiger partial charge in [-0.05, 0) is 31.2 Å². The minimum atomic E-state index is -3.83. The van der Waals surface area contributed by atoms with Crippen molar-refractivity contribution in [2.45, 2.75) is 37.3 Å². The highest BCUT2D eigenvalue weighted by atomic mass is 32.2. The maximum Gasteiger partial charge on any atom is 0.333 e. The molecule has 0 saturated carbocycles. The maximum atomic E-state index is 12.8. The van der Waals surface area contributed by atoms with Crippen molar-refractivity contribution < 1.29 is 17.2 Å². The van der Waals surface area contributed by atoms with Crippen LogP contribution in [0.25, 0.3) is 0 Å². The number of sulfonamides is 1. The van der Waals surface area contributed by atoms with Crippen molar-refractivity contribution in [3.8, 4) is 0 Å². The van der Waals surface area contributed by atoms with Crippen LogP contribution in [0.2, 0.25) is 0 Å². The molecule has 1 aliphatic rings. The molecule has 1 atom stereocenters. The fourth-order valence-corrected chi connectivity index (χ4v) is 5.54. The maximum absolute atomic E-state index is 12.8. The van der Waals surface area contributed by atoms with Crippen LogP contribution in [0.5, 0.6) is 0 Å². The van der Waals surface area contributed by atoms with Crippen LogP contribution in [-0.4, -0.2) is 29.0 Å². The van der Waals surface area contributed by atoms with Crippen LogP contribution < -0.4 is 0 Å². The van der Waals surface area contributed by atoms with Gasteiger partial charge in [0.2, 0.25) is 10.0 Å². The van der Waals surface area contributed by atoms with Gasteiger partial charge in [0.05, 0.1) is 17.9 Å². The van der Waals surface area contributed by atoms with E-state index in [0.29, 0.717) is 11.2 Å². The third kappa shape index (κ3) is 2.46. The zero-order chi connectivity index (χ0) is 15.9. The third-order valence-corrected chi connectivity index (χ3v) is 6.83. The first-order chi connectivity index (χ1) is 10.4. The Hall–Kier alpha value is -1.32. The second-order valence-corrected chi connectivity index (χ2v) is 7.94.